The Bertz CT molecular complexity index is 362. The van der Waals surface area contributed by atoms with Crippen LogP contribution in [0.4, 0.5) is 0 Å². The van der Waals surface area contributed by atoms with E-state index in [2.05, 4.69) is 38.2 Å². The van der Waals surface area contributed by atoms with Gasteiger partial charge in [0.25, 0.3) is 0 Å². The quantitative estimate of drug-likeness (QED) is 0.827. The first kappa shape index (κ1) is 14.9. The summed E-state index contributed by atoms with van der Waals surface area (Å²) in [4.78, 5) is 2.84. The fourth-order valence-corrected chi connectivity index (χ4v) is 3.40. The monoisotopic (exact) mass is 273 g/mol. The van der Waals surface area contributed by atoms with Gasteiger partial charge in [-0.25, -0.2) is 0 Å². The molecule has 0 aliphatic rings. The molecule has 0 spiro atoms. The largest absolute Gasteiger partial charge is 0.307 e. The van der Waals surface area contributed by atoms with Crippen molar-refractivity contribution in [2.45, 2.75) is 45.7 Å². The molecule has 1 aromatic rings. The van der Waals surface area contributed by atoms with Crippen molar-refractivity contribution in [3.05, 3.63) is 21.9 Å². The minimum absolute atomic E-state index is 0.389. The molecule has 0 saturated heterocycles. The lowest BCUT2D eigenvalue weighted by atomic mass is 10.2. The average molecular weight is 273 g/mol. The summed E-state index contributed by atoms with van der Waals surface area (Å²) in [5.41, 5.74) is 0. The molecule has 0 radical (unpaired) electrons. The number of hydrogen-bond donors (Lipinski definition) is 1. The molecule has 0 saturated carbocycles. The van der Waals surface area contributed by atoms with Crippen molar-refractivity contribution in [2.24, 2.45) is 0 Å². The van der Waals surface area contributed by atoms with E-state index in [1.807, 2.05) is 11.3 Å². The van der Waals surface area contributed by atoms with Crippen molar-refractivity contribution in [1.82, 2.24) is 5.32 Å². The Labute approximate surface area is 111 Å². The zero-order chi connectivity index (χ0) is 12.8. The maximum absolute atomic E-state index is 11.0. The molecule has 0 amide bonds. The first-order chi connectivity index (χ1) is 8.02. The lowest BCUT2D eigenvalue weighted by Crippen LogP contribution is -2.29. The highest BCUT2D eigenvalue weighted by atomic mass is 32.2. The van der Waals surface area contributed by atoms with E-state index < -0.39 is 10.8 Å². The van der Waals surface area contributed by atoms with Gasteiger partial charge in [-0.05, 0) is 38.8 Å². The highest BCUT2D eigenvalue weighted by Crippen LogP contribution is 2.23. The second-order valence-electron chi connectivity index (χ2n) is 4.51. The van der Waals surface area contributed by atoms with Crippen molar-refractivity contribution in [2.75, 3.05) is 12.0 Å². The molecule has 1 aromatic heterocycles. The summed E-state index contributed by atoms with van der Waals surface area (Å²) in [6.07, 6.45) is 3.85. The zero-order valence-corrected chi connectivity index (χ0v) is 12.8. The normalized spacial score (nSPS) is 16.7. The molecule has 98 valence electrons. The molecule has 3 atom stereocenters. The molecule has 17 heavy (non-hydrogen) atoms. The average Bonchev–Trinajstić information content (AvgIpc) is 2.74. The van der Waals surface area contributed by atoms with Gasteiger partial charge in [0, 0.05) is 44.6 Å². The minimum Gasteiger partial charge on any atom is -0.307 e. The predicted octanol–water partition coefficient (Wildman–Crippen LogP) is 3.12. The molecule has 0 aliphatic carbocycles. The SMILES string of the molecule is CCc1ccc(C(C)NC(C)CCS(C)=O)s1. The molecule has 0 aliphatic heterocycles. The standard InChI is InChI=1S/C13H23NOS2/c1-5-12-6-7-13(16-12)11(3)14-10(2)8-9-17(4)15/h6-7,10-11,14H,5,8-9H2,1-4H3. The molecule has 0 aromatic carbocycles. The van der Waals surface area contributed by atoms with Gasteiger partial charge < -0.3 is 5.32 Å². The van der Waals surface area contributed by atoms with Crippen LogP contribution in [0.25, 0.3) is 0 Å². The van der Waals surface area contributed by atoms with Crippen LogP contribution in [0.5, 0.6) is 0 Å². The molecular weight excluding hydrogens is 250 g/mol. The Morgan fingerprint density at radius 3 is 2.65 bits per heavy atom. The van der Waals surface area contributed by atoms with Crippen LogP contribution in [0, 0.1) is 0 Å². The number of nitrogens with one attached hydrogen (secondary N) is 1. The van der Waals surface area contributed by atoms with E-state index in [9.17, 15) is 4.21 Å². The van der Waals surface area contributed by atoms with E-state index in [-0.39, 0.29) is 0 Å². The van der Waals surface area contributed by atoms with Crippen LogP contribution >= 0.6 is 11.3 Å². The van der Waals surface area contributed by atoms with E-state index in [1.165, 1.54) is 9.75 Å². The molecule has 0 fully saturated rings. The number of rotatable bonds is 7. The summed E-state index contributed by atoms with van der Waals surface area (Å²) < 4.78 is 11.0. The summed E-state index contributed by atoms with van der Waals surface area (Å²) in [6.45, 7) is 6.55. The van der Waals surface area contributed by atoms with Crippen LogP contribution in [0.15, 0.2) is 12.1 Å². The van der Waals surface area contributed by atoms with E-state index in [0.29, 0.717) is 12.1 Å². The smallest absolute Gasteiger partial charge is 0.0388 e. The van der Waals surface area contributed by atoms with Crippen LogP contribution < -0.4 is 5.32 Å². The number of thiophene rings is 1. The summed E-state index contributed by atoms with van der Waals surface area (Å²) >= 11 is 1.88. The number of hydrogen-bond acceptors (Lipinski definition) is 3. The molecule has 0 bridgehead atoms. The van der Waals surface area contributed by atoms with Gasteiger partial charge in [-0.2, -0.15) is 0 Å². The molecule has 3 unspecified atom stereocenters. The van der Waals surface area contributed by atoms with Crippen molar-refractivity contribution in [3.8, 4) is 0 Å². The summed E-state index contributed by atoms with van der Waals surface area (Å²) in [5.74, 6) is 0.783. The van der Waals surface area contributed by atoms with Crippen molar-refractivity contribution >= 4 is 22.1 Å². The summed E-state index contributed by atoms with van der Waals surface area (Å²) in [5, 5.41) is 3.56. The highest BCUT2D eigenvalue weighted by Gasteiger charge is 2.11. The van der Waals surface area contributed by atoms with Gasteiger partial charge in [0.1, 0.15) is 0 Å². The van der Waals surface area contributed by atoms with E-state index in [4.69, 9.17) is 0 Å². The van der Waals surface area contributed by atoms with Crippen LogP contribution in [0.2, 0.25) is 0 Å². The summed E-state index contributed by atoms with van der Waals surface area (Å²) in [6, 6.07) is 5.23. The van der Waals surface area contributed by atoms with E-state index in [0.717, 1.165) is 18.6 Å². The Hall–Kier alpha value is -0.190. The lowest BCUT2D eigenvalue weighted by molar-refractivity contribution is 0.475. The van der Waals surface area contributed by atoms with Crippen LogP contribution in [0.3, 0.4) is 0 Å². The second kappa shape index (κ2) is 7.29. The van der Waals surface area contributed by atoms with Gasteiger partial charge in [0.2, 0.25) is 0 Å². The second-order valence-corrected chi connectivity index (χ2v) is 7.27. The topological polar surface area (TPSA) is 29.1 Å². The van der Waals surface area contributed by atoms with Crippen molar-refractivity contribution in [3.63, 3.8) is 0 Å². The summed E-state index contributed by atoms with van der Waals surface area (Å²) in [7, 11) is -0.680. The van der Waals surface area contributed by atoms with Gasteiger partial charge in [0.15, 0.2) is 0 Å². The molecular formula is C13H23NOS2. The zero-order valence-electron chi connectivity index (χ0n) is 11.2. The molecule has 1 rings (SSSR count). The minimum atomic E-state index is -0.680. The first-order valence-corrected chi connectivity index (χ1v) is 8.72. The van der Waals surface area contributed by atoms with Crippen molar-refractivity contribution in [1.29, 1.82) is 0 Å². The maximum atomic E-state index is 11.0. The fraction of sp³-hybridized carbons (Fsp3) is 0.692. The Morgan fingerprint density at radius 2 is 2.12 bits per heavy atom. The Balaban J connectivity index is 2.42. The van der Waals surface area contributed by atoms with Gasteiger partial charge in [0.05, 0.1) is 0 Å². The molecule has 1 N–H and O–H groups in total. The molecule has 1 heterocycles. The fourth-order valence-electron chi connectivity index (χ4n) is 1.75. The van der Waals surface area contributed by atoms with Gasteiger partial charge in [-0.3, -0.25) is 4.21 Å². The number of aryl methyl sites for hydroxylation is 1. The third-order valence-corrected chi connectivity index (χ3v) is 5.05. The van der Waals surface area contributed by atoms with E-state index in [1.54, 1.807) is 6.26 Å². The first-order valence-electron chi connectivity index (χ1n) is 6.17. The van der Waals surface area contributed by atoms with Gasteiger partial charge >= 0.3 is 0 Å². The predicted molar refractivity (Wildman–Crippen MR) is 78.3 cm³/mol. The lowest BCUT2D eigenvalue weighted by Gasteiger charge is -2.18. The van der Waals surface area contributed by atoms with Crippen molar-refractivity contribution < 1.29 is 4.21 Å². The van der Waals surface area contributed by atoms with Crippen LogP contribution in [0.1, 0.15) is 43.0 Å². The molecule has 2 nitrogen and oxygen atoms in total. The van der Waals surface area contributed by atoms with Crippen LogP contribution in [-0.2, 0) is 17.2 Å². The van der Waals surface area contributed by atoms with Gasteiger partial charge in [-0.1, -0.05) is 6.92 Å². The maximum Gasteiger partial charge on any atom is 0.0388 e. The molecule has 4 heteroatoms. The highest BCUT2D eigenvalue weighted by molar-refractivity contribution is 7.84. The van der Waals surface area contributed by atoms with Gasteiger partial charge in [-0.15, -0.1) is 11.3 Å². The third kappa shape index (κ3) is 5.32. The third-order valence-electron chi connectivity index (χ3n) is 2.83. The van der Waals surface area contributed by atoms with Crippen LogP contribution in [-0.4, -0.2) is 22.3 Å². The Kier molecular flexibility index (Phi) is 6.38. The Morgan fingerprint density at radius 1 is 1.41 bits per heavy atom. The van der Waals surface area contributed by atoms with E-state index >= 15 is 0 Å².